The van der Waals surface area contributed by atoms with Gasteiger partial charge in [0.1, 0.15) is 0 Å². The Morgan fingerprint density at radius 2 is 1.52 bits per heavy atom. The van der Waals surface area contributed by atoms with E-state index in [4.69, 9.17) is 0 Å². The number of Topliss-reactive ketones (excluding diaryl/α,β-unsaturated/α-hetero) is 1. The van der Waals surface area contributed by atoms with Gasteiger partial charge < -0.3 is 4.90 Å². The normalized spacial score (nSPS) is 13.1. The Hall–Kier alpha value is -1.93. The second-order valence-corrected chi connectivity index (χ2v) is 7.95. The number of nitrogens with zero attached hydrogens (tertiary/aromatic N) is 1. The lowest BCUT2D eigenvalue weighted by Gasteiger charge is -2.40. The first-order chi connectivity index (χ1) is 11.7. The molecule has 0 radical (unpaired) electrons. The van der Waals surface area contributed by atoms with Gasteiger partial charge in [-0.15, -0.1) is 0 Å². The fourth-order valence-corrected chi connectivity index (χ4v) is 3.88. The van der Waals surface area contributed by atoms with Gasteiger partial charge in [0.2, 0.25) is 0 Å². The third-order valence-corrected chi connectivity index (χ3v) is 5.18. The van der Waals surface area contributed by atoms with Crippen molar-refractivity contribution in [2.45, 2.75) is 46.6 Å². The summed E-state index contributed by atoms with van der Waals surface area (Å²) in [4.78, 5) is 15.0. The molecule has 0 aliphatic rings. The minimum atomic E-state index is -0.00599. The van der Waals surface area contributed by atoms with Gasteiger partial charge >= 0.3 is 0 Å². The summed E-state index contributed by atoms with van der Waals surface area (Å²) in [6.07, 6.45) is 1.44. The van der Waals surface area contributed by atoms with Crippen molar-refractivity contribution in [2.75, 3.05) is 14.1 Å². The van der Waals surface area contributed by atoms with E-state index in [1.54, 1.807) is 0 Å². The third-order valence-electron chi connectivity index (χ3n) is 5.18. The number of carbonyl (C=O) groups excluding carboxylic acids is 1. The summed E-state index contributed by atoms with van der Waals surface area (Å²) >= 11 is 0. The molecule has 25 heavy (non-hydrogen) atoms. The molecular weight excluding hydrogens is 306 g/mol. The van der Waals surface area contributed by atoms with E-state index in [0.29, 0.717) is 6.42 Å². The largest absolute Gasteiger partial charge is 0.302 e. The van der Waals surface area contributed by atoms with E-state index in [9.17, 15) is 4.79 Å². The number of carbonyl (C=O) groups is 1. The Bertz CT molecular complexity index is 730. The molecule has 1 unspecified atom stereocenters. The van der Waals surface area contributed by atoms with Crippen molar-refractivity contribution in [3.8, 4) is 0 Å². The molecule has 0 fully saturated rings. The Morgan fingerprint density at radius 3 is 2.08 bits per heavy atom. The van der Waals surface area contributed by atoms with Crippen molar-refractivity contribution < 1.29 is 4.79 Å². The summed E-state index contributed by atoms with van der Waals surface area (Å²) in [6, 6.07) is 16.7. The quantitative estimate of drug-likeness (QED) is 0.613. The summed E-state index contributed by atoms with van der Waals surface area (Å²) < 4.78 is 0. The standard InChI is InChI=1S/C23H31NO/c1-17-11-7-9-13-19(17)21(25)15-16-23(3,4)22(24(5)6)20-14-10-8-12-18(20)2/h7-14,22H,15-16H2,1-6H3. The van der Waals surface area contributed by atoms with Crippen LogP contribution in [0.3, 0.4) is 0 Å². The highest BCUT2D eigenvalue weighted by Crippen LogP contribution is 2.42. The van der Waals surface area contributed by atoms with Crippen molar-refractivity contribution in [2.24, 2.45) is 5.41 Å². The van der Waals surface area contributed by atoms with Crippen LogP contribution in [0, 0.1) is 19.3 Å². The molecule has 0 heterocycles. The Labute approximate surface area is 152 Å². The van der Waals surface area contributed by atoms with Gasteiger partial charge in [-0.2, -0.15) is 0 Å². The topological polar surface area (TPSA) is 20.3 Å². The molecule has 0 spiro atoms. The second-order valence-electron chi connectivity index (χ2n) is 7.95. The van der Waals surface area contributed by atoms with E-state index in [0.717, 1.165) is 17.5 Å². The van der Waals surface area contributed by atoms with Gasteiger partial charge in [-0.3, -0.25) is 4.79 Å². The Balaban J connectivity index is 2.20. The van der Waals surface area contributed by atoms with Gasteiger partial charge in [0.25, 0.3) is 0 Å². The van der Waals surface area contributed by atoms with Crippen molar-refractivity contribution in [1.29, 1.82) is 0 Å². The van der Waals surface area contributed by atoms with Crippen molar-refractivity contribution >= 4 is 5.78 Å². The predicted molar refractivity (Wildman–Crippen MR) is 106 cm³/mol. The molecule has 0 N–H and O–H groups in total. The highest BCUT2D eigenvalue weighted by molar-refractivity contribution is 5.97. The van der Waals surface area contributed by atoms with E-state index in [2.05, 4.69) is 64.0 Å². The minimum absolute atomic E-state index is 0.00599. The van der Waals surface area contributed by atoms with Crippen LogP contribution in [0.2, 0.25) is 0 Å². The van der Waals surface area contributed by atoms with Crippen LogP contribution in [0.4, 0.5) is 0 Å². The fourth-order valence-electron chi connectivity index (χ4n) is 3.88. The van der Waals surface area contributed by atoms with Gasteiger partial charge in [0, 0.05) is 18.0 Å². The van der Waals surface area contributed by atoms with Gasteiger partial charge in [-0.1, -0.05) is 62.4 Å². The van der Waals surface area contributed by atoms with Crippen LogP contribution in [-0.2, 0) is 0 Å². The molecule has 134 valence electrons. The van der Waals surface area contributed by atoms with Crippen LogP contribution in [0.1, 0.15) is 59.8 Å². The van der Waals surface area contributed by atoms with E-state index in [-0.39, 0.29) is 17.2 Å². The third kappa shape index (κ3) is 4.58. The van der Waals surface area contributed by atoms with Crippen LogP contribution >= 0.6 is 0 Å². The fraction of sp³-hybridized carbons (Fsp3) is 0.435. The minimum Gasteiger partial charge on any atom is -0.302 e. The van der Waals surface area contributed by atoms with Crippen LogP contribution in [-0.4, -0.2) is 24.8 Å². The molecule has 2 aromatic carbocycles. The smallest absolute Gasteiger partial charge is 0.163 e. The zero-order valence-corrected chi connectivity index (χ0v) is 16.5. The molecule has 0 saturated carbocycles. The average molecular weight is 338 g/mol. The van der Waals surface area contributed by atoms with E-state index in [1.807, 2.05) is 31.2 Å². The molecule has 0 bridgehead atoms. The molecule has 0 saturated heterocycles. The SMILES string of the molecule is Cc1ccccc1C(=O)CCC(C)(C)C(c1ccccc1C)N(C)C. The van der Waals surface area contributed by atoms with Crippen LogP contribution in [0.15, 0.2) is 48.5 Å². The van der Waals surface area contributed by atoms with Crippen molar-refractivity contribution in [3.05, 3.63) is 70.8 Å². The number of aryl methyl sites for hydroxylation is 2. The first kappa shape index (κ1) is 19.4. The average Bonchev–Trinajstić information content (AvgIpc) is 2.55. The Kier molecular flexibility index (Phi) is 6.18. The van der Waals surface area contributed by atoms with Gasteiger partial charge in [0.05, 0.1) is 0 Å². The molecule has 1 atom stereocenters. The first-order valence-electron chi connectivity index (χ1n) is 9.05. The van der Waals surface area contributed by atoms with E-state index >= 15 is 0 Å². The number of rotatable bonds is 7. The molecule has 0 aliphatic heterocycles. The zero-order valence-electron chi connectivity index (χ0n) is 16.5. The van der Waals surface area contributed by atoms with Crippen LogP contribution < -0.4 is 0 Å². The highest BCUT2D eigenvalue weighted by Gasteiger charge is 2.33. The first-order valence-corrected chi connectivity index (χ1v) is 9.05. The maximum Gasteiger partial charge on any atom is 0.163 e. The number of ketones is 1. The molecule has 0 aliphatic carbocycles. The molecule has 0 amide bonds. The summed E-state index contributed by atoms with van der Waals surface area (Å²) in [6.45, 7) is 8.72. The molecule has 2 rings (SSSR count). The lowest BCUT2D eigenvalue weighted by atomic mass is 9.74. The van der Waals surface area contributed by atoms with Crippen LogP contribution in [0.5, 0.6) is 0 Å². The summed E-state index contributed by atoms with van der Waals surface area (Å²) in [5.41, 5.74) is 4.57. The molecule has 0 aromatic heterocycles. The van der Waals surface area contributed by atoms with Crippen molar-refractivity contribution in [1.82, 2.24) is 4.90 Å². The number of benzene rings is 2. The maximum atomic E-state index is 12.7. The van der Waals surface area contributed by atoms with Gasteiger partial charge in [-0.05, 0) is 56.5 Å². The van der Waals surface area contributed by atoms with E-state index in [1.165, 1.54) is 11.1 Å². The van der Waals surface area contributed by atoms with Crippen molar-refractivity contribution in [3.63, 3.8) is 0 Å². The number of hydrogen-bond acceptors (Lipinski definition) is 2. The Morgan fingerprint density at radius 1 is 0.960 bits per heavy atom. The monoisotopic (exact) mass is 337 g/mol. The van der Waals surface area contributed by atoms with E-state index < -0.39 is 0 Å². The second kappa shape index (κ2) is 7.97. The van der Waals surface area contributed by atoms with Crippen LogP contribution in [0.25, 0.3) is 0 Å². The predicted octanol–water partition coefficient (Wildman–Crippen LogP) is 5.60. The lowest BCUT2D eigenvalue weighted by molar-refractivity contribution is 0.0897. The summed E-state index contributed by atoms with van der Waals surface area (Å²) in [7, 11) is 4.25. The summed E-state index contributed by atoms with van der Waals surface area (Å²) in [5, 5.41) is 0. The van der Waals surface area contributed by atoms with Gasteiger partial charge in [0.15, 0.2) is 5.78 Å². The maximum absolute atomic E-state index is 12.7. The lowest BCUT2D eigenvalue weighted by Crippen LogP contribution is -2.34. The molecule has 2 nitrogen and oxygen atoms in total. The molecule has 2 aromatic rings. The number of hydrogen-bond donors (Lipinski definition) is 0. The molecule has 2 heteroatoms. The molecular formula is C23H31NO. The summed E-state index contributed by atoms with van der Waals surface area (Å²) in [5.74, 6) is 0.244. The highest BCUT2D eigenvalue weighted by atomic mass is 16.1. The zero-order chi connectivity index (χ0) is 18.6. The van der Waals surface area contributed by atoms with Gasteiger partial charge in [-0.25, -0.2) is 0 Å².